The van der Waals surface area contributed by atoms with Gasteiger partial charge in [-0.15, -0.1) is 10.2 Å². The van der Waals surface area contributed by atoms with Crippen LogP contribution in [-0.4, -0.2) is 29.0 Å². The molecule has 150 valence electrons. The van der Waals surface area contributed by atoms with Crippen LogP contribution in [0.4, 0.5) is 0 Å². The van der Waals surface area contributed by atoms with Gasteiger partial charge in [0, 0.05) is 17.7 Å². The van der Waals surface area contributed by atoms with E-state index in [1.54, 1.807) is 7.11 Å². The van der Waals surface area contributed by atoms with Gasteiger partial charge in [0.1, 0.15) is 10.8 Å². The summed E-state index contributed by atoms with van der Waals surface area (Å²) in [6, 6.07) is 25.9. The second-order valence-corrected chi connectivity index (χ2v) is 7.69. The molecule has 0 spiro atoms. The molecule has 0 atom stereocenters. The number of ether oxygens (including phenoxy) is 1. The first-order valence-corrected chi connectivity index (χ1v) is 10.6. The van der Waals surface area contributed by atoms with Crippen LogP contribution in [0.5, 0.6) is 5.75 Å². The maximum absolute atomic E-state index is 12.2. The van der Waals surface area contributed by atoms with E-state index < -0.39 is 0 Å². The van der Waals surface area contributed by atoms with Crippen molar-refractivity contribution in [3.63, 3.8) is 0 Å². The highest BCUT2D eigenvalue weighted by molar-refractivity contribution is 7.99. The summed E-state index contributed by atoms with van der Waals surface area (Å²) < 4.78 is 5.30. The molecule has 4 aromatic rings. The van der Waals surface area contributed by atoms with Gasteiger partial charge in [0.15, 0.2) is 0 Å². The smallest absolute Gasteiger partial charge is 0.230 e. The Morgan fingerprint density at radius 2 is 1.73 bits per heavy atom. The molecule has 0 fully saturated rings. The highest BCUT2D eigenvalue weighted by Crippen LogP contribution is 2.24. The number of thioether (sulfide) groups is 1. The lowest BCUT2D eigenvalue weighted by molar-refractivity contribution is -0.118. The highest BCUT2D eigenvalue weighted by Gasteiger charge is 2.08. The molecule has 1 aromatic heterocycles. The maximum Gasteiger partial charge on any atom is 0.230 e. The molecule has 0 aliphatic carbocycles. The molecule has 4 rings (SSSR count). The molecule has 0 saturated heterocycles. The van der Waals surface area contributed by atoms with Gasteiger partial charge in [-0.25, -0.2) is 0 Å². The molecule has 0 aliphatic rings. The average molecular weight is 416 g/mol. The topological polar surface area (TPSA) is 64.1 Å². The molecule has 0 aliphatic heterocycles. The minimum absolute atomic E-state index is 0.0636. The number of benzene rings is 3. The fourth-order valence-corrected chi connectivity index (χ4v) is 3.78. The Morgan fingerprint density at radius 3 is 2.53 bits per heavy atom. The van der Waals surface area contributed by atoms with Crippen molar-refractivity contribution in [2.45, 2.75) is 11.6 Å². The molecule has 1 amide bonds. The minimum atomic E-state index is -0.0636. The van der Waals surface area contributed by atoms with Crippen molar-refractivity contribution in [1.82, 2.24) is 15.5 Å². The number of hydrogen-bond donors (Lipinski definition) is 1. The molecule has 0 unspecified atom stereocenters. The standard InChI is InChI=1S/C24H21N3O2S/c1-29-22-9-5-4-8-20(22)15-25-23(28)16-30-24-13-12-21(26-27-24)19-11-10-17-6-2-3-7-18(17)14-19/h2-14H,15-16H2,1H3,(H,25,28). The van der Waals surface area contributed by atoms with E-state index in [1.165, 1.54) is 22.5 Å². The van der Waals surface area contributed by atoms with E-state index in [0.29, 0.717) is 11.6 Å². The Bertz CT molecular complexity index is 1160. The lowest BCUT2D eigenvalue weighted by atomic mass is 10.1. The van der Waals surface area contributed by atoms with Crippen LogP contribution in [0.1, 0.15) is 5.56 Å². The van der Waals surface area contributed by atoms with Crippen LogP contribution in [-0.2, 0) is 11.3 Å². The zero-order valence-corrected chi connectivity index (χ0v) is 17.4. The van der Waals surface area contributed by atoms with E-state index in [1.807, 2.05) is 54.6 Å². The number of hydrogen-bond acceptors (Lipinski definition) is 5. The van der Waals surface area contributed by atoms with Crippen molar-refractivity contribution in [2.75, 3.05) is 12.9 Å². The van der Waals surface area contributed by atoms with Gasteiger partial charge in [-0.3, -0.25) is 4.79 Å². The van der Waals surface area contributed by atoms with E-state index in [2.05, 4.69) is 39.8 Å². The molecule has 6 heteroatoms. The lowest BCUT2D eigenvalue weighted by Crippen LogP contribution is -2.24. The van der Waals surface area contributed by atoms with Crippen LogP contribution in [0.2, 0.25) is 0 Å². The van der Waals surface area contributed by atoms with Crippen molar-refractivity contribution in [3.05, 3.63) is 84.4 Å². The molecule has 3 aromatic carbocycles. The monoisotopic (exact) mass is 415 g/mol. The van der Waals surface area contributed by atoms with Crippen LogP contribution >= 0.6 is 11.8 Å². The zero-order chi connectivity index (χ0) is 20.8. The number of carbonyl (C=O) groups is 1. The van der Waals surface area contributed by atoms with Crippen LogP contribution in [0.15, 0.2) is 83.9 Å². The number of amides is 1. The van der Waals surface area contributed by atoms with Gasteiger partial charge >= 0.3 is 0 Å². The van der Waals surface area contributed by atoms with Crippen molar-refractivity contribution >= 4 is 28.4 Å². The van der Waals surface area contributed by atoms with Gasteiger partial charge in [-0.2, -0.15) is 0 Å². The second-order valence-electron chi connectivity index (χ2n) is 6.70. The van der Waals surface area contributed by atoms with Crippen molar-refractivity contribution in [3.8, 4) is 17.0 Å². The quantitative estimate of drug-likeness (QED) is 0.443. The summed E-state index contributed by atoms with van der Waals surface area (Å²) in [4.78, 5) is 12.2. The van der Waals surface area contributed by atoms with E-state index >= 15 is 0 Å². The Morgan fingerprint density at radius 1 is 0.933 bits per heavy atom. The van der Waals surface area contributed by atoms with Crippen LogP contribution in [0, 0.1) is 0 Å². The molecular weight excluding hydrogens is 394 g/mol. The minimum Gasteiger partial charge on any atom is -0.496 e. The number of methoxy groups -OCH3 is 1. The molecule has 1 heterocycles. The Hall–Kier alpha value is -3.38. The Kier molecular flexibility index (Phi) is 6.25. The summed E-state index contributed by atoms with van der Waals surface area (Å²) in [5, 5.41) is 14.6. The zero-order valence-electron chi connectivity index (χ0n) is 16.5. The maximum atomic E-state index is 12.2. The number of aromatic nitrogens is 2. The number of carbonyl (C=O) groups excluding carboxylic acids is 1. The number of nitrogens with one attached hydrogen (secondary N) is 1. The van der Waals surface area contributed by atoms with Gasteiger partial charge in [-0.05, 0) is 35.0 Å². The molecule has 0 bridgehead atoms. The van der Waals surface area contributed by atoms with E-state index in [0.717, 1.165) is 22.6 Å². The second kappa shape index (κ2) is 9.41. The van der Waals surface area contributed by atoms with Gasteiger partial charge < -0.3 is 10.1 Å². The SMILES string of the molecule is COc1ccccc1CNC(=O)CSc1ccc(-c2ccc3ccccc3c2)nn1. The molecule has 0 saturated carbocycles. The first-order chi connectivity index (χ1) is 14.7. The summed E-state index contributed by atoms with van der Waals surface area (Å²) in [5.74, 6) is 0.978. The summed E-state index contributed by atoms with van der Waals surface area (Å²) in [5.41, 5.74) is 2.77. The molecule has 30 heavy (non-hydrogen) atoms. The number of nitrogens with zero attached hydrogens (tertiary/aromatic N) is 2. The Balaban J connectivity index is 1.33. The Labute approximate surface area is 179 Å². The third kappa shape index (κ3) is 4.78. The molecule has 1 N–H and O–H groups in total. The fraction of sp³-hybridized carbons (Fsp3) is 0.125. The van der Waals surface area contributed by atoms with Crippen molar-refractivity contribution in [2.24, 2.45) is 0 Å². The largest absolute Gasteiger partial charge is 0.496 e. The first-order valence-electron chi connectivity index (χ1n) is 9.57. The van der Waals surface area contributed by atoms with E-state index in [-0.39, 0.29) is 11.7 Å². The number of rotatable bonds is 7. The van der Waals surface area contributed by atoms with Crippen LogP contribution < -0.4 is 10.1 Å². The van der Waals surface area contributed by atoms with Crippen molar-refractivity contribution < 1.29 is 9.53 Å². The normalized spacial score (nSPS) is 10.7. The summed E-state index contributed by atoms with van der Waals surface area (Å²) in [6.07, 6.45) is 0. The summed E-state index contributed by atoms with van der Waals surface area (Å²) in [7, 11) is 1.62. The third-order valence-electron chi connectivity index (χ3n) is 4.70. The summed E-state index contributed by atoms with van der Waals surface area (Å²) >= 11 is 1.36. The average Bonchev–Trinajstić information content (AvgIpc) is 2.81. The number of para-hydroxylation sites is 1. The van der Waals surface area contributed by atoms with Gasteiger partial charge in [0.2, 0.25) is 5.91 Å². The van der Waals surface area contributed by atoms with E-state index in [9.17, 15) is 4.79 Å². The van der Waals surface area contributed by atoms with Crippen molar-refractivity contribution in [1.29, 1.82) is 0 Å². The first kappa shape index (κ1) is 19.9. The molecular formula is C24H21N3O2S. The number of fused-ring (bicyclic) bond motifs is 1. The van der Waals surface area contributed by atoms with Crippen LogP contribution in [0.3, 0.4) is 0 Å². The van der Waals surface area contributed by atoms with E-state index in [4.69, 9.17) is 4.74 Å². The predicted molar refractivity (Wildman–Crippen MR) is 121 cm³/mol. The predicted octanol–water partition coefficient (Wildman–Crippen LogP) is 4.71. The molecule has 0 radical (unpaired) electrons. The van der Waals surface area contributed by atoms with Crippen LogP contribution in [0.25, 0.3) is 22.0 Å². The van der Waals surface area contributed by atoms with Gasteiger partial charge in [0.05, 0.1) is 18.6 Å². The highest BCUT2D eigenvalue weighted by atomic mass is 32.2. The summed E-state index contributed by atoms with van der Waals surface area (Å²) in [6.45, 7) is 0.427. The fourth-order valence-electron chi connectivity index (χ4n) is 3.13. The van der Waals surface area contributed by atoms with Gasteiger partial charge in [-0.1, -0.05) is 66.4 Å². The third-order valence-corrected chi connectivity index (χ3v) is 5.63. The lowest BCUT2D eigenvalue weighted by Gasteiger charge is -2.09. The molecule has 5 nitrogen and oxygen atoms in total. The van der Waals surface area contributed by atoms with Gasteiger partial charge in [0.25, 0.3) is 0 Å².